The topological polar surface area (TPSA) is 91.9 Å². The highest BCUT2D eigenvalue weighted by Crippen LogP contribution is 2.24. The maximum Gasteiger partial charge on any atom is 0.392 e. The minimum atomic E-state index is -0.854. The normalized spacial score (nSPS) is 23.0. The minimum absolute atomic E-state index is 0.0816. The van der Waals surface area contributed by atoms with Crippen LogP contribution < -0.4 is 4.74 Å². The summed E-state index contributed by atoms with van der Waals surface area (Å²) in [5.74, 6) is 1.39. The van der Waals surface area contributed by atoms with E-state index in [0.717, 1.165) is 36.6 Å². The summed E-state index contributed by atoms with van der Waals surface area (Å²) in [7, 11) is 5.17. The summed E-state index contributed by atoms with van der Waals surface area (Å²) in [5, 5.41) is 10.8. The van der Waals surface area contributed by atoms with Crippen molar-refractivity contribution in [3.8, 4) is 5.75 Å². The van der Waals surface area contributed by atoms with Gasteiger partial charge in [-0.15, -0.1) is 0 Å². The van der Waals surface area contributed by atoms with Gasteiger partial charge in [0, 0.05) is 27.2 Å². The zero-order valence-corrected chi connectivity index (χ0v) is 19.1. The number of ether oxygens (including phenoxy) is 1. The molecule has 0 aliphatic carbocycles. The van der Waals surface area contributed by atoms with Gasteiger partial charge in [0.1, 0.15) is 18.5 Å². The van der Waals surface area contributed by atoms with Crippen LogP contribution >= 0.6 is 0 Å². The molecule has 32 heavy (non-hydrogen) atoms. The molecule has 3 aliphatic heterocycles. The van der Waals surface area contributed by atoms with Crippen molar-refractivity contribution in [3.63, 3.8) is 0 Å². The molecule has 0 spiro atoms. The molecule has 1 aromatic rings. The molecule has 0 bridgehead atoms. The zero-order chi connectivity index (χ0) is 23.0. The predicted molar refractivity (Wildman–Crippen MR) is 119 cm³/mol. The van der Waals surface area contributed by atoms with Crippen LogP contribution in [0.5, 0.6) is 5.75 Å². The standard InChI is InChI=1S/C22H31N6O4/c1-15-7-5-6-8-17(15)32-14-16(29)13-28-18-19(25(3)22(31)26(4)20(18)30)23-21(28)27-11-9-24(2)10-12-27/h5-8,16,18,29H,9-14H2,1-4H3/q+1. The molecule has 0 radical (unpaired) electrons. The number of aryl methyl sites for hydroxylation is 1. The van der Waals surface area contributed by atoms with Crippen LogP contribution in [-0.4, -0.2) is 126 Å². The highest BCUT2D eigenvalue weighted by Gasteiger charge is 2.55. The van der Waals surface area contributed by atoms with E-state index in [2.05, 4.69) is 16.5 Å². The molecule has 10 heteroatoms. The molecule has 1 aromatic carbocycles. The molecule has 3 aliphatic rings. The first-order valence-electron chi connectivity index (χ1n) is 10.9. The van der Waals surface area contributed by atoms with Crippen LogP contribution in [0.15, 0.2) is 29.3 Å². The maximum atomic E-state index is 13.1. The first kappa shape index (κ1) is 22.2. The number of imide groups is 1. The summed E-state index contributed by atoms with van der Waals surface area (Å²) < 4.78 is 7.94. The number of piperazine rings is 1. The van der Waals surface area contributed by atoms with Gasteiger partial charge in [0.2, 0.25) is 11.9 Å². The van der Waals surface area contributed by atoms with E-state index in [1.54, 1.807) is 7.05 Å². The van der Waals surface area contributed by atoms with Crippen molar-refractivity contribution in [2.24, 2.45) is 4.99 Å². The van der Waals surface area contributed by atoms with Gasteiger partial charge in [-0.2, -0.15) is 0 Å². The minimum Gasteiger partial charge on any atom is -0.490 e. The number of hydrogen-bond donors (Lipinski definition) is 1. The van der Waals surface area contributed by atoms with Crippen molar-refractivity contribution in [1.29, 1.82) is 0 Å². The molecule has 2 unspecified atom stereocenters. The number of guanidine groups is 1. The van der Waals surface area contributed by atoms with Crippen LogP contribution in [-0.2, 0) is 4.79 Å². The van der Waals surface area contributed by atoms with Crippen LogP contribution in [0.2, 0.25) is 0 Å². The molecule has 2 atom stereocenters. The first-order valence-corrected chi connectivity index (χ1v) is 10.9. The molecule has 1 N–H and O–H groups in total. The van der Waals surface area contributed by atoms with Gasteiger partial charge < -0.3 is 14.7 Å². The van der Waals surface area contributed by atoms with E-state index in [9.17, 15) is 14.7 Å². The second-order valence-electron chi connectivity index (χ2n) is 8.58. The fourth-order valence-electron chi connectivity index (χ4n) is 4.22. The lowest BCUT2D eigenvalue weighted by Gasteiger charge is -2.34. The van der Waals surface area contributed by atoms with Gasteiger partial charge in [0.05, 0.1) is 19.6 Å². The number of amidine groups is 1. The third-order valence-corrected chi connectivity index (χ3v) is 6.23. The highest BCUT2D eigenvalue weighted by molar-refractivity contribution is 6.25. The quantitative estimate of drug-likeness (QED) is 0.626. The van der Waals surface area contributed by atoms with Crippen molar-refractivity contribution in [1.82, 2.24) is 19.6 Å². The zero-order valence-electron chi connectivity index (χ0n) is 19.1. The fourth-order valence-corrected chi connectivity index (χ4v) is 4.22. The van der Waals surface area contributed by atoms with Gasteiger partial charge in [-0.3, -0.25) is 19.2 Å². The van der Waals surface area contributed by atoms with Crippen molar-refractivity contribution in [3.05, 3.63) is 29.8 Å². The smallest absolute Gasteiger partial charge is 0.392 e. The number of urea groups is 1. The number of rotatable bonds is 5. The molecule has 10 nitrogen and oxygen atoms in total. The number of hydrogen-bond acceptors (Lipinski definition) is 5. The number of benzene rings is 1. The second kappa shape index (κ2) is 8.87. The van der Waals surface area contributed by atoms with E-state index >= 15 is 0 Å². The number of carbonyl (C=O) groups is 2. The lowest BCUT2D eigenvalue weighted by molar-refractivity contribution is -0.544. The Labute approximate surface area is 188 Å². The summed E-state index contributed by atoms with van der Waals surface area (Å²) in [6.07, 6.45) is -0.854. The SMILES string of the molecule is Cc1ccccc1OCC(O)CN1C(=[N+]2CCN(C)CC2)N=C2C1C(=O)N(C)C(=O)N2C. The number of fused-ring (bicyclic) bond motifs is 1. The number of nitrogens with zero attached hydrogens (tertiary/aromatic N) is 6. The summed E-state index contributed by atoms with van der Waals surface area (Å²) in [6, 6.07) is 6.48. The van der Waals surface area contributed by atoms with Crippen LogP contribution in [0.3, 0.4) is 0 Å². The summed E-state index contributed by atoms with van der Waals surface area (Å²) >= 11 is 0. The van der Waals surface area contributed by atoms with E-state index in [1.165, 1.54) is 11.9 Å². The lowest BCUT2D eigenvalue weighted by Crippen LogP contribution is -2.63. The number of amides is 3. The molecule has 2 fully saturated rings. The van der Waals surface area contributed by atoms with Gasteiger partial charge in [-0.05, 0) is 25.6 Å². The third kappa shape index (κ3) is 4.07. The van der Waals surface area contributed by atoms with Crippen molar-refractivity contribution in [2.45, 2.75) is 19.1 Å². The Morgan fingerprint density at radius 2 is 1.84 bits per heavy atom. The number of aliphatic hydroxyl groups is 1. The van der Waals surface area contributed by atoms with Gasteiger partial charge in [0.15, 0.2) is 0 Å². The van der Waals surface area contributed by atoms with Gasteiger partial charge in [0.25, 0.3) is 5.91 Å². The first-order chi connectivity index (χ1) is 15.3. The molecule has 4 rings (SSSR count). The van der Waals surface area contributed by atoms with Crippen LogP contribution in [0.25, 0.3) is 0 Å². The van der Waals surface area contributed by atoms with Gasteiger partial charge in [-0.1, -0.05) is 23.2 Å². The lowest BCUT2D eigenvalue weighted by atomic mass is 10.1. The number of aliphatic imine (C=N–C) groups is 1. The Kier molecular flexibility index (Phi) is 6.16. The average Bonchev–Trinajstić information content (AvgIpc) is 3.15. The van der Waals surface area contributed by atoms with Gasteiger partial charge in [-0.25, -0.2) is 9.69 Å². The molecule has 3 heterocycles. The number of likely N-dealkylation sites (N-methyl/N-ethyl adjacent to an activating group) is 3. The summed E-state index contributed by atoms with van der Waals surface area (Å²) in [6.45, 7) is 5.44. The third-order valence-electron chi connectivity index (χ3n) is 6.23. The van der Waals surface area contributed by atoms with Crippen LogP contribution in [0.4, 0.5) is 4.79 Å². The number of β-amino-alcohol motifs (C(OH)–C–C–N with tert-alkyl or cyclic N) is 1. The molecule has 3 amide bonds. The summed E-state index contributed by atoms with van der Waals surface area (Å²) in [5.41, 5.74) is 0.986. The van der Waals surface area contributed by atoms with Crippen LogP contribution in [0.1, 0.15) is 5.56 Å². The second-order valence-corrected chi connectivity index (χ2v) is 8.58. The van der Waals surface area contributed by atoms with Crippen molar-refractivity contribution >= 4 is 23.7 Å². The Morgan fingerprint density at radius 3 is 2.53 bits per heavy atom. The molecular weight excluding hydrogens is 412 g/mol. The largest absolute Gasteiger partial charge is 0.490 e. The molecule has 2 saturated heterocycles. The predicted octanol–water partition coefficient (Wildman–Crippen LogP) is -0.345. The Balaban J connectivity index is 1.58. The highest BCUT2D eigenvalue weighted by atomic mass is 16.5. The fraction of sp³-hybridized carbons (Fsp3) is 0.545. The Morgan fingerprint density at radius 1 is 1.16 bits per heavy atom. The number of carbonyl (C=O) groups excluding carboxylic acids is 2. The molecule has 0 saturated carbocycles. The van der Waals surface area contributed by atoms with E-state index in [4.69, 9.17) is 9.73 Å². The number of para-hydroxylation sites is 1. The van der Waals surface area contributed by atoms with Gasteiger partial charge >= 0.3 is 12.0 Å². The van der Waals surface area contributed by atoms with E-state index in [1.807, 2.05) is 36.1 Å². The molecule has 0 aromatic heterocycles. The summed E-state index contributed by atoms with van der Waals surface area (Å²) in [4.78, 5) is 36.8. The van der Waals surface area contributed by atoms with E-state index in [0.29, 0.717) is 17.5 Å². The monoisotopic (exact) mass is 443 g/mol. The average molecular weight is 444 g/mol. The van der Waals surface area contributed by atoms with Crippen molar-refractivity contribution < 1.29 is 24.0 Å². The van der Waals surface area contributed by atoms with E-state index < -0.39 is 18.2 Å². The molecular formula is C22H31N6O4+. The van der Waals surface area contributed by atoms with E-state index in [-0.39, 0.29) is 19.1 Å². The molecule has 172 valence electrons. The van der Waals surface area contributed by atoms with Crippen LogP contribution in [0, 0.1) is 6.92 Å². The Bertz CT molecular complexity index is 967. The Hall–Kier alpha value is -2.98. The number of aliphatic hydroxyl groups excluding tert-OH is 1. The van der Waals surface area contributed by atoms with Crippen molar-refractivity contribution in [2.75, 3.05) is 60.5 Å². The maximum absolute atomic E-state index is 13.1.